The van der Waals surface area contributed by atoms with Crippen LogP contribution in [0.3, 0.4) is 0 Å². The molecule has 4 saturated carbocycles. The number of hydrogen-bond donors (Lipinski definition) is 1. The molecule has 0 aromatic heterocycles. The molecule has 4 bridgehead atoms. The van der Waals surface area contributed by atoms with Crippen LogP contribution in [0.1, 0.15) is 32.1 Å². The molecule has 0 heterocycles. The van der Waals surface area contributed by atoms with Gasteiger partial charge in [-0.3, -0.25) is 0 Å². The van der Waals surface area contributed by atoms with Crippen molar-refractivity contribution in [1.29, 1.82) is 0 Å². The van der Waals surface area contributed by atoms with Gasteiger partial charge in [-0.25, -0.2) is 0 Å². The molecular formula is C11H17N. The molecule has 0 aliphatic heterocycles. The fourth-order valence-electron chi connectivity index (χ4n) is 4.00. The zero-order valence-electron chi connectivity index (χ0n) is 7.50. The second-order valence-corrected chi connectivity index (χ2v) is 4.97. The average Bonchev–Trinajstić information content (AvgIpc) is 2.02. The van der Waals surface area contributed by atoms with Crippen molar-refractivity contribution in [1.82, 2.24) is 0 Å². The third kappa shape index (κ3) is 0.797. The lowest BCUT2D eigenvalue weighted by atomic mass is 9.54. The highest BCUT2D eigenvalue weighted by atomic mass is 14.6. The van der Waals surface area contributed by atoms with E-state index in [0.29, 0.717) is 0 Å². The summed E-state index contributed by atoms with van der Waals surface area (Å²) in [5, 5.41) is 0. The fourth-order valence-corrected chi connectivity index (χ4v) is 4.00. The fraction of sp³-hybridized carbons (Fsp3) is 0.818. The van der Waals surface area contributed by atoms with Gasteiger partial charge in [0.1, 0.15) is 0 Å². The third-order valence-electron chi connectivity index (χ3n) is 4.27. The van der Waals surface area contributed by atoms with Crippen LogP contribution in [-0.2, 0) is 0 Å². The van der Waals surface area contributed by atoms with Crippen molar-refractivity contribution in [3.63, 3.8) is 0 Å². The van der Waals surface area contributed by atoms with Crippen LogP contribution in [0.15, 0.2) is 11.8 Å². The largest absolute Gasteiger partial charge is 0.405 e. The summed E-state index contributed by atoms with van der Waals surface area (Å²) in [7, 11) is 0. The van der Waals surface area contributed by atoms with Gasteiger partial charge in [0.15, 0.2) is 0 Å². The van der Waals surface area contributed by atoms with Crippen molar-refractivity contribution in [2.24, 2.45) is 29.4 Å². The molecule has 4 fully saturated rings. The number of hydrogen-bond acceptors (Lipinski definition) is 1. The van der Waals surface area contributed by atoms with Gasteiger partial charge in [0.05, 0.1) is 0 Å². The number of allylic oxidation sites excluding steroid dienone is 1. The average molecular weight is 163 g/mol. The Bertz CT molecular complexity index is 199. The van der Waals surface area contributed by atoms with Crippen molar-refractivity contribution >= 4 is 0 Å². The molecule has 1 nitrogen and oxygen atoms in total. The zero-order valence-corrected chi connectivity index (χ0v) is 7.50. The molecule has 0 aromatic carbocycles. The van der Waals surface area contributed by atoms with Crippen molar-refractivity contribution in [3.05, 3.63) is 11.8 Å². The van der Waals surface area contributed by atoms with E-state index in [2.05, 4.69) is 0 Å². The quantitative estimate of drug-likeness (QED) is 0.582. The van der Waals surface area contributed by atoms with Crippen molar-refractivity contribution < 1.29 is 0 Å². The lowest BCUT2D eigenvalue weighted by Crippen LogP contribution is -2.40. The van der Waals surface area contributed by atoms with Gasteiger partial charge in [-0.15, -0.1) is 0 Å². The first-order chi connectivity index (χ1) is 5.86. The molecule has 0 saturated heterocycles. The molecule has 4 rings (SSSR count). The summed E-state index contributed by atoms with van der Waals surface area (Å²) in [6.07, 6.45) is 9.27. The first-order valence-corrected chi connectivity index (χ1v) is 5.28. The Morgan fingerprint density at radius 1 is 0.917 bits per heavy atom. The predicted molar refractivity (Wildman–Crippen MR) is 49.3 cm³/mol. The molecule has 12 heavy (non-hydrogen) atoms. The zero-order chi connectivity index (χ0) is 8.13. The lowest BCUT2D eigenvalue weighted by Gasteiger charge is -2.51. The molecule has 0 aromatic rings. The molecule has 2 N–H and O–H groups in total. The first kappa shape index (κ1) is 6.99. The van der Waals surface area contributed by atoms with Crippen LogP contribution in [0, 0.1) is 23.7 Å². The first-order valence-electron chi connectivity index (χ1n) is 5.28. The second kappa shape index (κ2) is 2.27. The van der Waals surface area contributed by atoms with E-state index in [0.717, 1.165) is 23.7 Å². The Hall–Kier alpha value is -0.460. The van der Waals surface area contributed by atoms with E-state index < -0.39 is 0 Å². The molecule has 0 atom stereocenters. The van der Waals surface area contributed by atoms with Crippen LogP contribution in [0.25, 0.3) is 0 Å². The molecule has 66 valence electrons. The molecule has 0 radical (unpaired) electrons. The molecule has 4 aliphatic carbocycles. The van der Waals surface area contributed by atoms with Gasteiger partial charge in [0.25, 0.3) is 0 Å². The maximum absolute atomic E-state index is 5.69. The van der Waals surface area contributed by atoms with Crippen molar-refractivity contribution in [2.45, 2.75) is 32.1 Å². The smallest absolute Gasteiger partial charge is 0.00648 e. The summed E-state index contributed by atoms with van der Waals surface area (Å²) in [5.74, 6) is 3.92. The lowest BCUT2D eigenvalue weighted by molar-refractivity contribution is 0.0694. The standard InChI is InChI=1S/C11H17N/c12-6-11-9-2-7-1-8(4-9)5-10(11)3-7/h6-10H,1-5,12H2. The second-order valence-electron chi connectivity index (χ2n) is 4.97. The minimum Gasteiger partial charge on any atom is -0.405 e. The Morgan fingerprint density at radius 2 is 1.42 bits per heavy atom. The summed E-state index contributed by atoms with van der Waals surface area (Å²) in [4.78, 5) is 0. The monoisotopic (exact) mass is 163 g/mol. The Balaban J connectivity index is 1.95. The minimum absolute atomic E-state index is 0.895. The van der Waals surface area contributed by atoms with E-state index in [1.54, 1.807) is 5.57 Å². The normalized spacial score (nSPS) is 49.8. The number of rotatable bonds is 0. The molecule has 1 heteroatoms. The Labute approximate surface area is 74.0 Å². The van der Waals surface area contributed by atoms with E-state index in [-0.39, 0.29) is 0 Å². The van der Waals surface area contributed by atoms with E-state index in [1.165, 1.54) is 32.1 Å². The van der Waals surface area contributed by atoms with Crippen LogP contribution < -0.4 is 5.73 Å². The minimum atomic E-state index is 0.895. The maximum Gasteiger partial charge on any atom is -0.00648 e. The van der Waals surface area contributed by atoms with Crippen LogP contribution in [-0.4, -0.2) is 0 Å². The topological polar surface area (TPSA) is 26.0 Å². The van der Waals surface area contributed by atoms with Gasteiger partial charge in [-0.2, -0.15) is 0 Å². The van der Waals surface area contributed by atoms with E-state index in [4.69, 9.17) is 5.73 Å². The molecule has 0 spiro atoms. The van der Waals surface area contributed by atoms with E-state index in [9.17, 15) is 0 Å². The van der Waals surface area contributed by atoms with Crippen LogP contribution in [0.4, 0.5) is 0 Å². The third-order valence-corrected chi connectivity index (χ3v) is 4.27. The summed E-state index contributed by atoms with van der Waals surface area (Å²) in [6.45, 7) is 0. The summed E-state index contributed by atoms with van der Waals surface area (Å²) in [5.41, 5.74) is 7.30. The van der Waals surface area contributed by atoms with Gasteiger partial charge in [-0.1, -0.05) is 0 Å². The van der Waals surface area contributed by atoms with Crippen LogP contribution in [0.2, 0.25) is 0 Å². The summed E-state index contributed by atoms with van der Waals surface area (Å²) in [6, 6.07) is 0. The molecule has 0 unspecified atom stereocenters. The highest BCUT2D eigenvalue weighted by Gasteiger charge is 2.44. The van der Waals surface area contributed by atoms with Gasteiger partial charge in [-0.05, 0) is 67.5 Å². The van der Waals surface area contributed by atoms with Gasteiger partial charge < -0.3 is 5.73 Å². The van der Waals surface area contributed by atoms with E-state index in [1.807, 2.05) is 6.20 Å². The van der Waals surface area contributed by atoms with E-state index >= 15 is 0 Å². The predicted octanol–water partition coefficient (Wildman–Crippen LogP) is 2.29. The van der Waals surface area contributed by atoms with Gasteiger partial charge in [0, 0.05) is 0 Å². The highest BCUT2D eigenvalue weighted by molar-refractivity contribution is 5.19. The summed E-state index contributed by atoms with van der Waals surface area (Å²) < 4.78 is 0. The van der Waals surface area contributed by atoms with Crippen LogP contribution >= 0.6 is 0 Å². The van der Waals surface area contributed by atoms with Gasteiger partial charge in [0.2, 0.25) is 0 Å². The summed E-state index contributed by atoms with van der Waals surface area (Å²) >= 11 is 0. The van der Waals surface area contributed by atoms with Crippen molar-refractivity contribution in [3.8, 4) is 0 Å². The molecule has 4 aliphatic rings. The number of nitrogens with two attached hydrogens (primary N) is 1. The molecule has 0 amide bonds. The van der Waals surface area contributed by atoms with Crippen LogP contribution in [0.5, 0.6) is 0 Å². The maximum atomic E-state index is 5.69. The molecular weight excluding hydrogens is 146 g/mol. The Kier molecular flexibility index (Phi) is 1.32. The SMILES string of the molecule is NC=C1C2CC3CC(C2)CC1C3. The highest BCUT2D eigenvalue weighted by Crippen LogP contribution is 2.55. The van der Waals surface area contributed by atoms with Crippen molar-refractivity contribution in [2.75, 3.05) is 0 Å². The van der Waals surface area contributed by atoms with Gasteiger partial charge >= 0.3 is 0 Å². The Morgan fingerprint density at radius 3 is 1.83 bits per heavy atom.